The maximum Gasteiger partial charge on any atom is 0.278 e. The normalized spacial score (nSPS) is 10.8. The van der Waals surface area contributed by atoms with Crippen molar-refractivity contribution in [2.24, 2.45) is 5.10 Å². The molecule has 0 bridgehead atoms. The minimum absolute atomic E-state index is 0.105. The molecule has 0 aliphatic rings. The fourth-order valence-electron chi connectivity index (χ4n) is 3.02. The van der Waals surface area contributed by atoms with Crippen molar-refractivity contribution in [3.05, 3.63) is 94.0 Å². The number of ether oxygens (including phenoxy) is 1. The molecular weight excluding hydrogens is 426 g/mol. The van der Waals surface area contributed by atoms with Crippen LogP contribution in [0.2, 0.25) is 0 Å². The Hall–Kier alpha value is -4.86. The van der Waals surface area contributed by atoms with Crippen molar-refractivity contribution in [3.8, 4) is 28.7 Å². The molecule has 0 saturated heterocycles. The average Bonchev–Trinajstić information content (AvgIpc) is 3.34. The van der Waals surface area contributed by atoms with Gasteiger partial charge in [-0.05, 0) is 42.5 Å². The van der Waals surface area contributed by atoms with Gasteiger partial charge in [0.15, 0.2) is 0 Å². The van der Waals surface area contributed by atoms with E-state index in [0.717, 1.165) is 0 Å². The van der Waals surface area contributed by atoms with Crippen molar-refractivity contribution in [1.82, 2.24) is 15.6 Å². The van der Waals surface area contributed by atoms with Crippen LogP contribution in [0.3, 0.4) is 0 Å². The molecule has 3 aromatic carbocycles. The van der Waals surface area contributed by atoms with Crippen molar-refractivity contribution in [2.75, 3.05) is 7.11 Å². The van der Waals surface area contributed by atoms with Crippen molar-refractivity contribution in [2.45, 2.75) is 0 Å². The highest BCUT2D eigenvalue weighted by molar-refractivity contribution is 5.95. The van der Waals surface area contributed by atoms with Gasteiger partial charge in [0, 0.05) is 17.2 Å². The number of methoxy groups -OCH3 is 1. The molecule has 4 aromatic rings. The Morgan fingerprint density at radius 2 is 1.73 bits per heavy atom. The number of para-hydroxylation sites is 2. The fraction of sp³-hybridized carbons (Fsp3) is 0.0435. The quantitative estimate of drug-likeness (QED) is 0.258. The van der Waals surface area contributed by atoms with E-state index in [-0.39, 0.29) is 17.1 Å². The van der Waals surface area contributed by atoms with E-state index in [0.29, 0.717) is 28.3 Å². The van der Waals surface area contributed by atoms with Crippen LogP contribution in [0.4, 0.5) is 5.69 Å². The van der Waals surface area contributed by atoms with Crippen LogP contribution < -0.4 is 10.2 Å². The number of benzene rings is 3. The Labute approximate surface area is 187 Å². The lowest BCUT2D eigenvalue weighted by Gasteiger charge is -2.03. The third-order valence-electron chi connectivity index (χ3n) is 4.66. The Kier molecular flexibility index (Phi) is 6.17. The third-order valence-corrected chi connectivity index (χ3v) is 4.66. The fourth-order valence-corrected chi connectivity index (χ4v) is 3.02. The van der Waals surface area contributed by atoms with Crippen LogP contribution in [0.25, 0.3) is 22.9 Å². The van der Waals surface area contributed by atoms with Crippen molar-refractivity contribution >= 4 is 17.8 Å². The van der Waals surface area contributed by atoms with E-state index in [9.17, 15) is 14.9 Å². The molecule has 1 heterocycles. The summed E-state index contributed by atoms with van der Waals surface area (Å²) in [5, 5.41) is 23.0. The topological polar surface area (TPSA) is 133 Å². The molecule has 0 unspecified atom stereocenters. The van der Waals surface area contributed by atoms with Gasteiger partial charge in [-0.3, -0.25) is 14.9 Å². The van der Waals surface area contributed by atoms with Crippen LogP contribution >= 0.6 is 0 Å². The number of nitro groups is 1. The van der Waals surface area contributed by atoms with Gasteiger partial charge in [0.1, 0.15) is 5.75 Å². The summed E-state index contributed by atoms with van der Waals surface area (Å²) in [5.41, 5.74) is 4.16. The summed E-state index contributed by atoms with van der Waals surface area (Å²) in [7, 11) is 1.56. The second kappa shape index (κ2) is 9.52. The van der Waals surface area contributed by atoms with E-state index < -0.39 is 10.8 Å². The predicted octanol–water partition coefficient (Wildman–Crippen LogP) is 4.08. The van der Waals surface area contributed by atoms with Crippen LogP contribution in [-0.4, -0.2) is 34.4 Å². The van der Waals surface area contributed by atoms with Crippen LogP contribution in [0.5, 0.6) is 5.75 Å². The van der Waals surface area contributed by atoms with Gasteiger partial charge in [-0.1, -0.05) is 24.3 Å². The standard InChI is InChI=1S/C23H17N5O5/c1-32-20-9-5-3-7-18(20)23-27-26-22(33-23)16-12-10-15(11-13-16)21(29)25-24-14-17-6-2-4-8-19(17)28(30)31/h2-14H,1H3,(H,25,29)/b24-14+. The van der Waals surface area contributed by atoms with Gasteiger partial charge in [-0.25, -0.2) is 5.43 Å². The lowest BCUT2D eigenvalue weighted by Crippen LogP contribution is -2.17. The summed E-state index contributed by atoms with van der Waals surface area (Å²) in [4.78, 5) is 22.9. The maximum absolute atomic E-state index is 12.3. The summed E-state index contributed by atoms with van der Waals surface area (Å²) in [6.45, 7) is 0. The SMILES string of the molecule is COc1ccccc1-c1nnc(-c2ccc(C(=O)N/N=C/c3ccccc3[N+](=O)[O-])cc2)o1. The Bertz CT molecular complexity index is 1330. The molecule has 33 heavy (non-hydrogen) atoms. The largest absolute Gasteiger partial charge is 0.496 e. The van der Waals surface area contributed by atoms with Crippen molar-refractivity contribution in [3.63, 3.8) is 0 Å². The molecule has 1 amide bonds. The highest BCUT2D eigenvalue weighted by Crippen LogP contribution is 2.30. The zero-order valence-corrected chi connectivity index (χ0v) is 17.3. The zero-order chi connectivity index (χ0) is 23.2. The number of rotatable bonds is 7. The molecule has 0 saturated carbocycles. The minimum atomic E-state index is -0.515. The molecule has 0 radical (unpaired) electrons. The smallest absolute Gasteiger partial charge is 0.278 e. The van der Waals surface area contributed by atoms with Crippen LogP contribution in [-0.2, 0) is 0 Å². The minimum Gasteiger partial charge on any atom is -0.496 e. The number of hydrogen-bond donors (Lipinski definition) is 1. The number of nitro benzene ring substituents is 1. The van der Waals surface area contributed by atoms with E-state index in [1.807, 2.05) is 18.2 Å². The molecule has 0 spiro atoms. The Morgan fingerprint density at radius 1 is 1.03 bits per heavy atom. The third kappa shape index (κ3) is 4.74. The molecule has 0 fully saturated rings. The van der Waals surface area contributed by atoms with E-state index >= 15 is 0 Å². The number of nitrogens with one attached hydrogen (secondary N) is 1. The number of carbonyl (C=O) groups is 1. The number of amides is 1. The van der Waals surface area contributed by atoms with Crippen molar-refractivity contribution in [1.29, 1.82) is 0 Å². The summed E-state index contributed by atoms with van der Waals surface area (Å²) >= 11 is 0. The molecular formula is C23H17N5O5. The van der Waals surface area contributed by atoms with Gasteiger partial charge in [0.05, 0.1) is 29.4 Å². The van der Waals surface area contributed by atoms with Crippen molar-refractivity contribution < 1.29 is 18.9 Å². The molecule has 0 aliphatic heterocycles. The van der Waals surface area contributed by atoms with E-state index in [2.05, 4.69) is 20.7 Å². The molecule has 10 heteroatoms. The van der Waals surface area contributed by atoms with Gasteiger partial charge in [-0.2, -0.15) is 5.10 Å². The molecule has 10 nitrogen and oxygen atoms in total. The maximum atomic E-state index is 12.3. The molecule has 0 aliphatic carbocycles. The monoisotopic (exact) mass is 443 g/mol. The highest BCUT2D eigenvalue weighted by Gasteiger charge is 2.15. The van der Waals surface area contributed by atoms with Crippen LogP contribution in [0.1, 0.15) is 15.9 Å². The summed E-state index contributed by atoms with van der Waals surface area (Å²) < 4.78 is 11.1. The Morgan fingerprint density at radius 3 is 2.48 bits per heavy atom. The summed E-state index contributed by atoms with van der Waals surface area (Å²) in [5.74, 6) is 0.739. The predicted molar refractivity (Wildman–Crippen MR) is 120 cm³/mol. The summed E-state index contributed by atoms with van der Waals surface area (Å²) in [6, 6.07) is 19.9. The molecule has 164 valence electrons. The second-order valence-electron chi connectivity index (χ2n) is 6.71. The lowest BCUT2D eigenvalue weighted by molar-refractivity contribution is -0.385. The van der Waals surface area contributed by atoms with Crippen LogP contribution in [0, 0.1) is 10.1 Å². The number of aromatic nitrogens is 2. The second-order valence-corrected chi connectivity index (χ2v) is 6.71. The first-order valence-electron chi connectivity index (χ1n) is 9.71. The van der Waals surface area contributed by atoms with E-state index in [4.69, 9.17) is 9.15 Å². The zero-order valence-electron chi connectivity index (χ0n) is 17.3. The first-order valence-corrected chi connectivity index (χ1v) is 9.71. The first kappa shape index (κ1) is 21.4. The van der Waals surface area contributed by atoms with Gasteiger partial charge in [0.25, 0.3) is 17.5 Å². The number of hydrazone groups is 1. The molecule has 1 N–H and O–H groups in total. The van der Waals surface area contributed by atoms with Gasteiger partial charge in [0.2, 0.25) is 5.89 Å². The average molecular weight is 443 g/mol. The van der Waals surface area contributed by atoms with Crippen LogP contribution in [0.15, 0.2) is 82.3 Å². The molecule has 1 aromatic heterocycles. The van der Waals surface area contributed by atoms with Gasteiger partial charge < -0.3 is 9.15 Å². The van der Waals surface area contributed by atoms with Gasteiger partial charge >= 0.3 is 0 Å². The first-order chi connectivity index (χ1) is 16.1. The molecule has 4 rings (SSSR count). The highest BCUT2D eigenvalue weighted by atomic mass is 16.6. The van der Waals surface area contributed by atoms with E-state index in [1.165, 1.54) is 18.3 Å². The number of nitrogens with zero attached hydrogens (tertiary/aromatic N) is 4. The molecule has 0 atom stereocenters. The van der Waals surface area contributed by atoms with Gasteiger partial charge in [-0.15, -0.1) is 10.2 Å². The number of carbonyl (C=O) groups excluding carboxylic acids is 1. The van der Waals surface area contributed by atoms with E-state index in [1.54, 1.807) is 49.6 Å². The summed E-state index contributed by atoms with van der Waals surface area (Å²) in [6.07, 6.45) is 1.22. The Balaban J connectivity index is 1.45. The number of hydrogen-bond acceptors (Lipinski definition) is 8. The lowest BCUT2D eigenvalue weighted by atomic mass is 10.1.